The summed E-state index contributed by atoms with van der Waals surface area (Å²) in [5.41, 5.74) is 0.558. The molecular formula is C19H25N5O3. The first-order valence-electron chi connectivity index (χ1n) is 9.74. The zero-order chi connectivity index (χ0) is 18.8. The molecule has 4 rings (SSSR count). The molecule has 0 radical (unpaired) electrons. The van der Waals surface area contributed by atoms with Gasteiger partial charge in [0, 0.05) is 38.6 Å². The Balaban J connectivity index is 1.25. The van der Waals surface area contributed by atoms with Crippen molar-refractivity contribution in [2.75, 3.05) is 26.2 Å². The summed E-state index contributed by atoms with van der Waals surface area (Å²) in [6.07, 6.45) is 7.19. The van der Waals surface area contributed by atoms with Crippen LogP contribution in [0.1, 0.15) is 42.5 Å². The van der Waals surface area contributed by atoms with Crippen molar-refractivity contribution >= 4 is 17.7 Å². The maximum Gasteiger partial charge on any atom is 0.255 e. The number of nitrogens with one attached hydrogen (secondary N) is 1. The molecule has 0 aromatic carbocycles. The van der Waals surface area contributed by atoms with Crippen LogP contribution < -0.4 is 5.32 Å². The van der Waals surface area contributed by atoms with Gasteiger partial charge in [0.1, 0.15) is 0 Å². The maximum atomic E-state index is 12.5. The summed E-state index contributed by atoms with van der Waals surface area (Å²) in [5.74, 6) is 0.252. The largest absolute Gasteiger partial charge is 0.353 e. The number of rotatable bonds is 5. The van der Waals surface area contributed by atoms with E-state index in [4.69, 9.17) is 0 Å². The van der Waals surface area contributed by atoms with Gasteiger partial charge in [0.25, 0.3) is 5.91 Å². The molecule has 8 nitrogen and oxygen atoms in total. The summed E-state index contributed by atoms with van der Waals surface area (Å²) in [4.78, 5) is 40.6. The number of hydrogen-bond acceptors (Lipinski definition) is 5. The molecule has 3 heterocycles. The average molecular weight is 371 g/mol. The Kier molecular flexibility index (Phi) is 5.05. The van der Waals surface area contributed by atoms with Gasteiger partial charge in [-0.1, -0.05) is 0 Å². The lowest BCUT2D eigenvalue weighted by Crippen LogP contribution is -2.42. The van der Waals surface area contributed by atoms with Gasteiger partial charge >= 0.3 is 0 Å². The molecule has 3 amide bonds. The number of piperidine rings is 1. The van der Waals surface area contributed by atoms with E-state index in [1.54, 1.807) is 6.07 Å². The number of likely N-dealkylation sites (tertiary alicyclic amines) is 2. The van der Waals surface area contributed by atoms with Gasteiger partial charge in [-0.2, -0.15) is 10.2 Å². The van der Waals surface area contributed by atoms with E-state index in [2.05, 4.69) is 15.5 Å². The Morgan fingerprint density at radius 2 is 1.93 bits per heavy atom. The minimum atomic E-state index is -0.209. The number of hydrogen-bond donors (Lipinski definition) is 1. The van der Waals surface area contributed by atoms with E-state index in [1.165, 1.54) is 12.4 Å². The van der Waals surface area contributed by atoms with Crippen molar-refractivity contribution < 1.29 is 14.4 Å². The van der Waals surface area contributed by atoms with Crippen LogP contribution in [0.25, 0.3) is 0 Å². The van der Waals surface area contributed by atoms with Crippen LogP contribution >= 0.6 is 0 Å². The first-order chi connectivity index (χ1) is 13.1. The second-order valence-corrected chi connectivity index (χ2v) is 7.85. The van der Waals surface area contributed by atoms with Gasteiger partial charge in [0.15, 0.2) is 0 Å². The van der Waals surface area contributed by atoms with Gasteiger partial charge < -0.3 is 15.1 Å². The SMILES string of the molecule is O=C(NC1CC1)C1CC(=O)N(CC2CCN(C(=O)c3ccnnc3)CC2)C1. The highest BCUT2D eigenvalue weighted by molar-refractivity contribution is 5.93. The molecular weight excluding hydrogens is 346 g/mol. The molecule has 27 heavy (non-hydrogen) atoms. The normalized spacial score (nSPS) is 23.6. The molecule has 2 aliphatic heterocycles. The molecule has 3 fully saturated rings. The van der Waals surface area contributed by atoms with E-state index in [-0.39, 0.29) is 23.6 Å². The summed E-state index contributed by atoms with van der Waals surface area (Å²) in [6.45, 7) is 2.57. The number of carbonyl (C=O) groups is 3. The first-order valence-corrected chi connectivity index (χ1v) is 9.74. The highest BCUT2D eigenvalue weighted by Gasteiger charge is 2.37. The Labute approximate surface area is 158 Å². The third-order valence-corrected chi connectivity index (χ3v) is 5.72. The zero-order valence-corrected chi connectivity index (χ0v) is 15.3. The van der Waals surface area contributed by atoms with Crippen molar-refractivity contribution in [3.63, 3.8) is 0 Å². The summed E-state index contributed by atoms with van der Waals surface area (Å²) >= 11 is 0. The molecule has 1 aromatic heterocycles. The van der Waals surface area contributed by atoms with Gasteiger partial charge in [-0.05, 0) is 37.7 Å². The molecule has 1 N–H and O–H groups in total. The molecule has 0 bridgehead atoms. The number of amides is 3. The molecule has 1 aromatic rings. The molecule has 0 spiro atoms. The Hall–Kier alpha value is -2.51. The number of carbonyl (C=O) groups excluding carboxylic acids is 3. The summed E-state index contributed by atoms with van der Waals surface area (Å²) in [6, 6.07) is 2.01. The van der Waals surface area contributed by atoms with Crippen LogP contribution in [0, 0.1) is 11.8 Å². The molecule has 2 saturated heterocycles. The summed E-state index contributed by atoms with van der Waals surface area (Å²) < 4.78 is 0. The van der Waals surface area contributed by atoms with E-state index < -0.39 is 0 Å². The van der Waals surface area contributed by atoms with E-state index in [0.29, 0.717) is 50.1 Å². The quantitative estimate of drug-likeness (QED) is 0.811. The first kappa shape index (κ1) is 17.9. The number of nitrogens with zero attached hydrogens (tertiary/aromatic N) is 4. The lowest BCUT2D eigenvalue weighted by molar-refractivity contribution is -0.129. The third-order valence-electron chi connectivity index (χ3n) is 5.72. The highest BCUT2D eigenvalue weighted by Crippen LogP contribution is 2.26. The standard InChI is InChI=1S/C19H25N5O3/c25-17-9-15(18(26)22-16-1-2-16)12-24(17)11-13-4-7-23(8-5-13)19(27)14-3-6-20-21-10-14/h3,6,10,13,15-16H,1-2,4-5,7-9,11-12H2,(H,22,26). The average Bonchev–Trinajstić information content (AvgIpc) is 3.44. The van der Waals surface area contributed by atoms with Gasteiger partial charge in [-0.3, -0.25) is 14.4 Å². The van der Waals surface area contributed by atoms with Crippen molar-refractivity contribution in [1.29, 1.82) is 0 Å². The van der Waals surface area contributed by atoms with Gasteiger partial charge in [-0.25, -0.2) is 0 Å². The minimum Gasteiger partial charge on any atom is -0.353 e. The van der Waals surface area contributed by atoms with Crippen molar-refractivity contribution in [1.82, 2.24) is 25.3 Å². The maximum absolute atomic E-state index is 12.5. The number of aromatic nitrogens is 2. The van der Waals surface area contributed by atoms with Crippen molar-refractivity contribution in [2.24, 2.45) is 11.8 Å². The fourth-order valence-corrected chi connectivity index (χ4v) is 3.90. The fourth-order valence-electron chi connectivity index (χ4n) is 3.90. The Morgan fingerprint density at radius 1 is 1.15 bits per heavy atom. The van der Waals surface area contributed by atoms with E-state index in [1.807, 2.05) is 9.80 Å². The van der Waals surface area contributed by atoms with Crippen LogP contribution in [-0.4, -0.2) is 69.9 Å². The van der Waals surface area contributed by atoms with Crippen LogP contribution in [0.15, 0.2) is 18.5 Å². The van der Waals surface area contributed by atoms with Crippen molar-refractivity contribution in [3.05, 3.63) is 24.0 Å². The molecule has 1 aliphatic carbocycles. The van der Waals surface area contributed by atoms with E-state index in [9.17, 15) is 14.4 Å². The minimum absolute atomic E-state index is 0.0163. The third kappa shape index (κ3) is 4.26. The highest BCUT2D eigenvalue weighted by atomic mass is 16.2. The smallest absolute Gasteiger partial charge is 0.255 e. The molecule has 8 heteroatoms. The van der Waals surface area contributed by atoms with Crippen LogP contribution in [0.2, 0.25) is 0 Å². The zero-order valence-electron chi connectivity index (χ0n) is 15.3. The predicted molar refractivity (Wildman–Crippen MR) is 96.5 cm³/mol. The van der Waals surface area contributed by atoms with Crippen LogP contribution in [0.3, 0.4) is 0 Å². The molecule has 1 atom stereocenters. The lowest BCUT2D eigenvalue weighted by Gasteiger charge is -2.34. The lowest BCUT2D eigenvalue weighted by atomic mass is 9.96. The summed E-state index contributed by atoms with van der Waals surface area (Å²) in [5, 5.41) is 10.5. The Morgan fingerprint density at radius 3 is 2.59 bits per heavy atom. The molecule has 144 valence electrons. The molecule has 1 saturated carbocycles. The second-order valence-electron chi connectivity index (χ2n) is 7.85. The van der Waals surface area contributed by atoms with Crippen molar-refractivity contribution in [2.45, 2.75) is 38.1 Å². The Bertz CT molecular complexity index is 713. The topological polar surface area (TPSA) is 95.5 Å². The van der Waals surface area contributed by atoms with Crippen LogP contribution in [0.5, 0.6) is 0 Å². The van der Waals surface area contributed by atoms with Gasteiger partial charge in [0.05, 0.1) is 23.9 Å². The van der Waals surface area contributed by atoms with Gasteiger partial charge in [-0.15, -0.1) is 0 Å². The van der Waals surface area contributed by atoms with E-state index in [0.717, 1.165) is 25.7 Å². The van der Waals surface area contributed by atoms with Crippen LogP contribution in [-0.2, 0) is 9.59 Å². The molecule has 3 aliphatic rings. The fraction of sp³-hybridized carbons (Fsp3) is 0.632. The van der Waals surface area contributed by atoms with Crippen LogP contribution in [0.4, 0.5) is 0 Å². The summed E-state index contributed by atoms with van der Waals surface area (Å²) in [7, 11) is 0. The second kappa shape index (κ2) is 7.62. The molecule has 1 unspecified atom stereocenters. The monoisotopic (exact) mass is 371 g/mol. The van der Waals surface area contributed by atoms with Crippen molar-refractivity contribution in [3.8, 4) is 0 Å². The van der Waals surface area contributed by atoms with Gasteiger partial charge in [0.2, 0.25) is 11.8 Å². The predicted octanol–water partition coefficient (Wildman–Crippen LogP) is 0.456. The van der Waals surface area contributed by atoms with E-state index >= 15 is 0 Å².